The minimum atomic E-state index is 0.733. The van der Waals surface area contributed by atoms with Crippen LogP contribution in [-0.4, -0.2) is 36.6 Å². The first-order chi connectivity index (χ1) is 8.72. The van der Waals surface area contributed by atoms with Crippen molar-refractivity contribution in [3.63, 3.8) is 0 Å². The molecule has 0 radical (unpaired) electrons. The van der Waals surface area contributed by atoms with E-state index in [4.69, 9.17) is 0 Å². The number of hydrogen-bond donors (Lipinski definition) is 1. The van der Waals surface area contributed by atoms with Crippen molar-refractivity contribution in [2.75, 3.05) is 19.6 Å². The molecule has 0 spiro atoms. The molecule has 108 valence electrons. The van der Waals surface area contributed by atoms with Crippen molar-refractivity contribution in [1.29, 1.82) is 0 Å². The van der Waals surface area contributed by atoms with Crippen LogP contribution in [0.3, 0.4) is 0 Å². The molecule has 2 heteroatoms. The minimum absolute atomic E-state index is 0.733. The average Bonchev–Trinajstić information content (AvgIpc) is 2.39. The zero-order valence-corrected chi connectivity index (χ0v) is 13.0. The Kier molecular flexibility index (Phi) is 7.92. The van der Waals surface area contributed by atoms with E-state index in [1.54, 1.807) is 0 Å². The van der Waals surface area contributed by atoms with Crippen LogP contribution in [0, 0.1) is 5.92 Å². The quantitative estimate of drug-likeness (QED) is 0.665. The fourth-order valence-electron chi connectivity index (χ4n) is 3.10. The van der Waals surface area contributed by atoms with Gasteiger partial charge in [-0.25, -0.2) is 0 Å². The Labute approximate surface area is 115 Å². The molecule has 1 aliphatic heterocycles. The van der Waals surface area contributed by atoms with E-state index in [-0.39, 0.29) is 0 Å². The summed E-state index contributed by atoms with van der Waals surface area (Å²) in [6.45, 7) is 13.1. The van der Waals surface area contributed by atoms with E-state index < -0.39 is 0 Å². The smallest absolute Gasteiger partial charge is 0.0246 e. The molecule has 3 atom stereocenters. The lowest BCUT2D eigenvalue weighted by Crippen LogP contribution is -2.58. The summed E-state index contributed by atoms with van der Waals surface area (Å²) >= 11 is 0. The summed E-state index contributed by atoms with van der Waals surface area (Å²) in [5.41, 5.74) is 0. The van der Waals surface area contributed by atoms with E-state index in [0.29, 0.717) is 0 Å². The molecule has 3 unspecified atom stereocenters. The summed E-state index contributed by atoms with van der Waals surface area (Å²) in [6.07, 6.45) is 8.03. The second kappa shape index (κ2) is 8.92. The highest BCUT2D eigenvalue weighted by Gasteiger charge is 2.29. The molecule has 1 rings (SSSR count). The predicted octanol–water partition coefficient (Wildman–Crippen LogP) is 3.67. The number of nitrogens with one attached hydrogen (secondary N) is 1. The van der Waals surface area contributed by atoms with Crippen LogP contribution >= 0.6 is 0 Å². The van der Waals surface area contributed by atoms with Gasteiger partial charge in [0.2, 0.25) is 0 Å². The summed E-state index contributed by atoms with van der Waals surface area (Å²) in [6, 6.07) is 1.50. The standard InChI is InChI=1S/C16H34N2/c1-5-8-9-11-18-13-15(10-6-2)17-12-16(18)14(4)7-3/h14-17H,5-13H2,1-4H3. The Morgan fingerprint density at radius 1 is 1.17 bits per heavy atom. The fraction of sp³-hybridized carbons (Fsp3) is 1.00. The van der Waals surface area contributed by atoms with Gasteiger partial charge in [-0.05, 0) is 25.3 Å². The topological polar surface area (TPSA) is 15.3 Å². The van der Waals surface area contributed by atoms with E-state index in [9.17, 15) is 0 Å². The third-order valence-electron chi connectivity index (χ3n) is 4.53. The van der Waals surface area contributed by atoms with Crippen molar-refractivity contribution < 1.29 is 0 Å². The summed E-state index contributed by atoms with van der Waals surface area (Å²) in [5, 5.41) is 3.76. The van der Waals surface area contributed by atoms with Crippen LogP contribution in [0.1, 0.15) is 66.2 Å². The lowest BCUT2D eigenvalue weighted by Gasteiger charge is -2.43. The van der Waals surface area contributed by atoms with Gasteiger partial charge in [0.15, 0.2) is 0 Å². The van der Waals surface area contributed by atoms with Crippen molar-refractivity contribution in [3.8, 4) is 0 Å². The molecule has 1 N–H and O–H groups in total. The van der Waals surface area contributed by atoms with Crippen molar-refractivity contribution >= 4 is 0 Å². The van der Waals surface area contributed by atoms with Gasteiger partial charge in [-0.3, -0.25) is 4.90 Å². The van der Waals surface area contributed by atoms with Gasteiger partial charge in [-0.2, -0.15) is 0 Å². The number of nitrogens with zero attached hydrogens (tertiary/aromatic N) is 1. The van der Waals surface area contributed by atoms with E-state index in [0.717, 1.165) is 18.0 Å². The molecule has 0 saturated carbocycles. The van der Waals surface area contributed by atoms with Gasteiger partial charge in [-0.1, -0.05) is 53.4 Å². The fourth-order valence-corrected chi connectivity index (χ4v) is 3.10. The van der Waals surface area contributed by atoms with Gasteiger partial charge in [0.05, 0.1) is 0 Å². The molecule has 1 fully saturated rings. The minimum Gasteiger partial charge on any atom is -0.311 e. The van der Waals surface area contributed by atoms with Gasteiger partial charge in [0.1, 0.15) is 0 Å². The van der Waals surface area contributed by atoms with Gasteiger partial charge >= 0.3 is 0 Å². The lowest BCUT2D eigenvalue weighted by molar-refractivity contribution is 0.0871. The van der Waals surface area contributed by atoms with Gasteiger partial charge < -0.3 is 5.32 Å². The lowest BCUT2D eigenvalue weighted by atomic mass is 9.93. The molecule has 0 aliphatic carbocycles. The first kappa shape index (κ1) is 16.0. The molecule has 0 aromatic heterocycles. The number of rotatable bonds is 8. The van der Waals surface area contributed by atoms with E-state index >= 15 is 0 Å². The van der Waals surface area contributed by atoms with E-state index in [1.807, 2.05) is 0 Å². The Morgan fingerprint density at radius 2 is 1.94 bits per heavy atom. The Bertz CT molecular complexity index is 205. The number of unbranched alkanes of at least 4 members (excludes halogenated alkanes) is 2. The number of piperazine rings is 1. The van der Waals surface area contributed by atoms with Gasteiger partial charge in [0, 0.05) is 25.2 Å². The van der Waals surface area contributed by atoms with Crippen LogP contribution in [0.4, 0.5) is 0 Å². The van der Waals surface area contributed by atoms with Crippen LogP contribution in [0.25, 0.3) is 0 Å². The molecule has 0 amide bonds. The summed E-state index contributed by atoms with van der Waals surface area (Å²) in [5.74, 6) is 0.821. The highest BCUT2D eigenvalue weighted by atomic mass is 15.2. The zero-order chi connectivity index (χ0) is 13.4. The van der Waals surface area contributed by atoms with Crippen LogP contribution in [0.2, 0.25) is 0 Å². The third kappa shape index (κ3) is 4.89. The summed E-state index contributed by atoms with van der Waals surface area (Å²) < 4.78 is 0. The van der Waals surface area contributed by atoms with Crippen molar-refractivity contribution in [2.45, 2.75) is 78.3 Å². The van der Waals surface area contributed by atoms with Crippen molar-refractivity contribution in [1.82, 2.24) is 10.2 Å². The largest absolute Gasteiger partial charge is 0.311 e. The van der Waals surface area contributed by atoms with Crippen molar-refractivity contribution in [2.24, 2.45) is 5.92 Å². The van der Waals surface area contributed by atoms with E-state index in [2.05, 4.69) is 37.9 Å². The molecular formula is C16H34N2. The Morgan fingerprint density at radius 3 is 2.56 bits per heavy atom. The first-order valence-corrected chi connectivity index (χ1v) is 8.20. The maximum absolute atomic E-state index is 3.76. The predicted molar refractivity (Wildman–Crippen MR) is 81.0 cm³/mol. The van der Waals surface area contributed by atoms with Crippen LogP contribution in [-0.2, 0) is 0 Å². The first-order valence-electron chi connectivity index (χ1n) is 8.20. The van der Waals surface area contributed by atoms with Crippen LogP contribution < -0.4 is 5.32 Å². The summed E-state index contributed by atoms with van der Waals surface area (Å²) in [4.78, 5) is 2.78. The Balaban J connectivity index is 2.49. The normalized spacial score (nSPS) is 27.3. The molecule has 0 aromatic carbocycles. The maximum atomic E-state index is 3.76. The van der Waals surface area contributed by atoms with Crippen LogP contribution in [0.15, 0.2) is 0 Å². The Hall–Kier alpha value is -0.0800. The second-order valence-corrected chi connectivity index (χ2v) is 6.05. The molecule has 0 aromatic rings. The number of hydrogen-bond acceptors (Lipinski definition) is 2. The van der Waals surface area contributed by atoms with Crippen LogP contribution in [0.5, 0.6) is 0 Å². The molecule has 1 saturated heterocycles. The molecule has 2 nitrogen and oxygen atoms in total. The summed E-state index contributed by atoms with van der Waals surface area (Å²) in [7, 11) is 0. The average molecular weight is 254 g/mol. The van der Waals surface area contributed by atoms with Crippen molar-refractivity contribution in [3.05, 3.63) is 0 Å². The molecule has 1 aliphatic rings. The van der Waals surface area contributed by atoms with E-state index in [1.165, 1.54) is 58.2 Å². The highest BCUT2D eigenvalue weighted by molar-refractivity contribution is 4.88. The molecule has 1 heterocycles. The zero-order valence-electron chi connectivity index (χ0n) is 13.0. The van der Waals surface area contributed by atoms with Gasteiger partial charge in [-0.15, -0.1) is 0 Å². The maximum Gasteiger partial charge on any atom is 0.0246 e. The van der Waals surface area contributed by atoms with Gasteiger partial charge in [0.25, 0.3) is 0 Å². The molecule has 18 heavy (non-hydrogen) atoms. The molecular weight excluding hydrogens is 220 g/mol. The molecule has 0 bridgehead atoms. The monoisotopic (exact) mass is 254 g/mol. The second-order valence-electron chi connectivity index (χ2n) is 6.05. The third-order valence-corrected chi connectivity index (χ3v) is 4.53. The SMILES string of the molecule is CCCCCN1CC(CCC)NCC1C(C)CC. The highest BCUT2D eigenvalue weighted by Crippen LogP contribution is 2.20.